The van der Waals surface area contributed by atoms with Crippen molar-refractivity contribution < 1.29 is 9.84 Å². The molecule has 0 fully saturated rings. The van der Waals surface area contributed by atoms with E-state index in [2.05, 4.69) is 100.0 Å². The number of ether oxygens (including phenoxy) is 1. The maximum absolute atomic E-state index is 10.4. The average Bonchev–Trinajstić information content (AvgIpc) is 3.44. The van der Waals surface area contributed by atoms with Crippen LogP contribution in [0.2, 0.25) is 0 Å². The van der Waals surface area contributed by atoms with Crippen molar-refractivity contribution in [3.63, 3.8) is 0 Å². The van der Waals surface area contributed by atoms with Crippen LogP contribution in [0, 0.1) is 0 Å². The molecule has 2 aliphatic rings. The second-order valence-corrected chi connectivity index (χ2v) is 13.7. The van der Waals surface area contributed by atoms with Crippen molar-refractivity contribution in [2.24, 2.45) is 4.99 Å². The highest BCUT2D eigenvalue weighted by molar-refractivity contribution is 6.13. The topological polar surface area (TPSA) is 58.0 Å². The first kappa shape index (κ1) is 30.0. The summed E-state index contributed by atoms with van der Waals surface area (Å²) in [4.78, 5) is 12.8. The second kappa shape index (κ2) is 11.9. The summed E-state index contributed by atoms with van der Waals surface area (Å²) in [6.45, 7) is 13.8. The van der Waals surface area contributed by atoms with Crippen LogP contribution in [-0.4, -0.2) is 22.0 Å². The third-order valence-electron chi connectivity index (χ3n) is 9.60. The van der Waals surface area contributed by atoms with Crippen molar-refractivity contribution >= 4 is 22.4 Å². The van der Waals surface area contributed by atoms with Crippen LogP contribution in [0.3, 0.4) is 0 Å². The van der Waals surface area contributed by atoms with E-state index in [9.17, 15) is 5.11 Å². The van der Waals surface area contributed by atoms with E-state index in [0.717, 1.165) is 29.6 Å². The van der Waals surface area contributed by atoms with Gasteiger partial charge in [0.25, 0.3) is 0 Å². The molecule has 5 nitrogen and oxygen atoms in total. The highest BCUT2D eigenvalue weighted by atomic mass is 16.5. The van der Waals surface area contributed by atoms with E-state index >= 15 is 0 Å². The number of hydrogen-bond donors (Lipinski definition) is 1. The smallest absolute Gasteiger partial charge is 0.219 e. The Hall–Kier alpha value is -4.64. The number of benzene rings is 4. The highest BCUT2D eigenvalue weighted by Crippen LogP contribution is 2.48. The number of nitrogens with zero attached hydrogens (tertiary/aromatic N) is 3. The van der Waals surface area contributed by atoms with Gasteiger partial charge in [0.2, 0.25) is 5.88 Å². The maximum Gasteiger partial charge on any atom is 0.219 e. The molecule has 0 radical (unpaired) electrons. The van der Waals surface area contributed by atoms with Crippen molar-refractivity contribution in [3.8, 4) is 17.4 Å². The monoisotopic (exact) mass is 609 g/mol. The van der Waals surface area contributed by atoms with Gasteiger partial charge >= 0.3 is 0 Å². The SMILES string of the molecule is CC(C)c1cc(C(C)C)c(N2C(c3cccc(Oc4ccc5cccc(O)c5n4)c3)=N[C@H]3c4ccccc4CC[C@H]32)c(C(C)C)c1. The third kappa shape index (κ3) is 5.32. The van der Waals surface area contributed by atoms with Gasteiger partial charge in [-0.2, -0.15) is 0 Å². The van der Waals surface area contributed by atoms with Crippen molar-refractivity contribution in [1.29, 1.82) is 0 Å². The standard InChI is InChI=1S/C41H43N3O2/c1-24(2)30-22-33(25(3)4)40(34(23-30)26(5)6)44-35-19-17-27-11-7-8-15-32(27)39(35)43-41(44)29-13-9-14-31(21-29)46-37-20-18-28-12-10-16-36(45)38(28)42-37/h7-16,18,20-26,35,39,45H,17,19H2,1-6H3/t35-,39+/m1/s1. The Labute approximate surface area is 272 Å². The molecule has 4 aromatic carbocycles. The van der Waals surface area contributed by atoms with Gasteiger partial charge in [-0.3, -0.25) is 4.99 Å². The van der Waals surface area contributed by atoms with Crippen LogP contribution in [0.25, 0.3) is 10.9 Å². The number of amidine groups is 1. The molecule has 46 heavy (non-hydrogen) atoms. The lowest BCUT2D eigenvalue weighted by Crippen LogP contribution is -2.41. The number of aromatic nitrogens is 1. The lowest BCUT2D eigenvalue weighted by Gasteiger charge is -2.38. The van der Waals surface area contributed by atoms with Gasteiger partial charge in [0, 0.05) is 22.7 Å². The fourth-order valence-electron chi connectivity index (χ4n) is 7.17. The van der Waals surface area contributed by atoms with Crippen LogP contribution in [-0.2, 0) is 6.42 Å². The van der Waals surface area contributed by atoms with Gasteiger partial charge in [0.1, 0.15) is 22.9 Å². The molecule has 1 aliphatic carbocycles. The first-order valence-electron chi connectivity index (χ1n) is 16.7. The highest BCUT2D eigenvalue weighted by Gasteiger charge is 2.43. The zero-order valence-corrected chi connectivity index (χ0v) is 27.7. The molecule has 1 N–H and O–H groups in total. The van der Waals surface area contributed by atoms with Crippen molar-refractivity contribution in [2.45, 2.75) is 84.2 Å². The molecular weight excluding hydrogens is 566 g/mol. The molecule has 0 unspecified atom stereocenters. The molecule has 5 aromatic rings. The van der Waals surface area contributed by atoms with E-state index in [-0.39, 0.29) is 17.8 Å². The summed E-state index contributed by atoms with van der Waals surface area (Å²) in [6.07, 6.45) is 2.08. The summed E-state index contributed by atoms with van der Waals surface area (Å²) in [5, 5.41) is 11.3. The van der Waals surface area contributed by atoms with E-state index in [4.69, 9.17) is 9.73 Å². The predicted octanol–water partition coefficient (Wildman–Crippen LogP) is 10.4. The number of pyridine rings is 1. The number of hydrogen-bond acceptors (Lipinski definition) is 5. The summed E-state index contributed by atoms with van der Waals surface area (Å²) in [6, 6.07) is 31.4. The number of phenols is 1. The predicted molar refractivity (Wildman–Crippen MR) is 189 cm³/mol. The number of aryl methyl sites for hydroxylation is 1. The van der Waals surface area contributed by atoms with Crippen LogP contribution in [0.5, 0.6) is 17.4 Å². The number of aliphatic imine (C=N–C) groups is 1. The normalized spacial score (nSPS) is 17.5. The van der Waals surface area contributed by atoms with Gasteiger partial charge in [-0.15, -0.1) is 0 Å². The molecule has 2 heterocycles. The van der Waals surface area contributed by atoms with Crippen molar-refractivity contribution in [1.82, 2.24) is 4.98 Å². The minimum Gasteiger partial charge on any atom is -0.506 e. The Balaban J connectivity index is 1.37. The van der Waals surface area contributed by atoms with Crippen LogP contribution in [0.15, 0.2) is 96.0 Å². The van der Waals surface area contributed by atoms with Crippen LogP contribution < -0.4 is 9.64 Å². The summed E-state index contributed by atoms with van der Waals surface area (Å²) in [5.74, 6) is 3.40. The number of anilines is 1. The minimum atomic E-state index is 0.0550. The Morgan fingerprint density at radius 3 is 2.26 bits per heavy atom. The summed E-state index contributed by atoms with van der Waals surface area (Å²) < 4.78 is 6.33. The minimum absolute atomic E-state index is 0.0550. The Morgan fingerprint density at radius 2 is 1.52 bits per heavy atom. The molecule has 7 rings (SSSR count). The number of rotatable bonds is 7. The maximum atomic E-state index is 10.4. The first-order valence-corrected chi connectivity index (χ1v) is 16.7. The molecule has 234 valence electrons. The van der Waals surface area contributed by atoms with Gasteiger partial charge in [-0.05, 0) is 82.7 Å². The zero-order chi connectivity index (χ0) is 32.1. The largest absolute Gasteiger partial charge is 0.506 e. The summed E-state index contributed by atoms with van der Waals surface area (Å²) in [7, 11) is 0. The molecule has 1 aromatic heterocycles. The van der Waals surface area contributed by atoms with Gasteiger partial charge in [-0.25, -0.2) is 4.98 Å². The summed E-state index contributed by atoms with van der Waals surface area (Å²) in [5.41, 5.74) is 9.76. The lowest BCUT2D eigenvalue weighted by atomic mass is 9.82. The van der Waals surface area contributed by atoms with Crippen LogP contribution >= 0.6 is 0 Å². The fourth-order valence-corrected chi connectivity index (χ4v) is 7.17. The molecule has 0 amide bonds. The molecule has 0 saturated carbocycles. The quantitative estimate of drug-likeness (QED) is 0.199. The Kier molecular flexibility index (Phi) is 7.80. The van der Waals surface area contributed by atoms with Crippen LogP contribution in [0.4, 0.5) is 5.69 Å². The van der Waals surface area contributed by atoms with Crippen LogP contribution in [0.1, 0.15) is 105 Å². The molecule has 0 spiro atoms. The molecule has 5 heteroatoms. The Morgan fingerprint density at radius 1 is 0.783 bits per heavy atom. The number of phenolic OH excluding ortho intramolecular Hbond substituents is 1. The third-order valence-corrected chi connectivity index (χ3v) is 9.60. The van der Waals surface area contributed by atoms with E-state index in [0.29, 0.717) is 34.9 Å². The van der Waals surface area contributed by atoms with E-state index < -0.39 is 0 Å². The van der Waals surface area contributed by atoms with Gasteiger partial charge in [0.15, 0.2) is 0 Å². The molecular formula is C41H43N3O2. The van der Waals surface area contributed by atoms with Gasteiger partial charge in [-0.1, -0.05) is 102 Å². The van der Waals surface area contributed by atoms with Gasteiger partial charge < -0.3 is 14.7 Å². The molecule has 0 bridgehead atoms. The molecule has 1 aliphatic heterocycles. The molecule has 2 atom stereocenters. The second-order valence-electron chi connectivity index (χ2n) is 13.7. The fraction of sp³-hybridized carbons (Fsp3) is 0.317. The summed E-state index contributed by atoms with van der Waals surface area (Å²) >= 11 is 0. The van der Waals surface area contributed by atoms with Crippen molar-refractivity contribution in [3.05, 3.63) is 124 Å². The van der Waals surface area contributed by atoms with E-state index in [1.807, 2.05) is 36.4 Å². The number of fused-ring (bicyclic) bond motifs is 4. The Bertz CT molecular complexity index is 1930. The van der Waals surface area contributed by atoms with Crippen molar-refractivity contribution in [2.75, 3.05) is 4.90 Å². The average molecular weight is 610 g/mol. The number of aromatic hydroxyl groups is 1. The first-order chi connectivity index (χ1) is 22.2. The van der Waals surface area contributed by atoms with E-state index in [1.54, 1.807) is 6.07 Å². The lowest BCUT2D eigenvalue weighted by molar-refractivity contribution is 0.459. The van der Waals surface area contributed by atoms with Gasteiger partial charge in [0.05, 0.1) is 12.1 Å². The number of para-hydroxylation sites is 1. The zero-order valence-electron chi connectivity index (χ0n) is 27.7. The molecule has 0 saturated heterocycles. The van der Waals surface area contributed by atoms with E-state index in [1.165, 1.54) is 33.5 Å².